The number of hydrogen-bond donors (Lipinski definition) is 2. The number of amides is 1. The Hall–Kier alpha value is -2.58. The number of carboxylic acids is 2. The first-order valence-electron chi connectivity index (χ1n) is 10.3. The normalized spacial score (nSPS) is 24.4. The third-order valence-electron chi connectivity index (χ3n) is 5.99. The van der Waals surface area contributed by atoms with E-state index in [9.17, 15) is 4.79 Å². The van der Waals surface area contributed by atoms with Gasteiger partial charge >= 0.3 is 11.9 Å². The highest BCUT2D eigenvalue weighted by molar-refractivity contribution is 6.30. The van der Waals surface area contributed by atoms with E-state index in [2.05, 4.69) is 17.1 Å². The van der Waals surface area contributed by atoms with Crippen LogP contribution in [0.3, 0.4) is 0 Å². The first-order chi connectivity index (χ1) is 14.8. The van der Waals surface area contributed by atoms with Crippen LogP contribution < -0.4 is 4.74 Å². The summed E-state index contributed by atoms with van der Waals surface area (Å²) in [5, 5.41) is 15.4. The van der Waals surface area contributed by atoms with Gasteiger partial charge in [0.1, 0.15) is 5.75 Å². The van der Waals surface area contributed by atoms with E-state index in [-0.39, 0.29) is 12.5 Å². The molecule has 1 saturated carbocycles. The summed E-state index contributed by atoms with van der Waals surface area (Å²) >= 11 is 5.85. The lowest BCUT2D eigenvalue weighted by Crippen LogP contribution is -2.51. The summed E-state index contributed by atoms with van der Waals surface area (Å²) in [5.74, 6) is -0.436. The largest absolute Gasteiger partial charge is 0.484 e. The third kappa shape index (κ3) is 6.70. The average Bonchev–Trinajstić information content (AvgIpc) is 3.37. The number of aliphatic carboxylic acids is 2. The summed E-state index contributed by atoms with van der Waals surface area (Å²) in [4.78, 5) is 35.0. The fraction of sp³-hybridized carbons (Fsp3) is 0.500. The first kappa shape index (κ1) is 23.1. The van der Waals surface area contributed by atoms with Crippen LogP contribution in [0.25, 0.3) is 0 Å². The van der Waals surface area contributed by atoms with Gasteiger partial charge in [0, 0.05) is 37.7 Å². The zero-order chi connectivity index (χ0) is 22.4. The van der Waals surface area contributed by atoms with E-state index in [4.69, 9.17) is 36.1 Å². The SMILES string of the molecule is O=C(COc1ccc(Cl)cc1)N1CCN(CC2CC3C=CC2C3)CC1.O=C(O)C(=O)O. The van der Waals surface area contributed by atoms with Crippen LogP contribution in [0.15, 0.2) is 36.4 Å². The van der Waals surface area contributed by atoms with Crippen LogP contribution in [-0.2, 0) is 14.4 Å². The number of benzene rings is 1. The Balaban J connectivity index is 0.000000401. The van der Waals surface area contributed by atoms with Crippen molar-refractivity contribution in [1.82, 2.24) is 9.80 Å². The lowest BCUT2D eigenvalue weighted by molar-refractivity contribution is -0.159. The van der Waals surface area contributed by atoms with Gasteiger partial charge in [0.05, 0.1) is 0 Å². The molecule has 1 amide bonds. The first-order valence-corrected chi connectivity index (χ1v) is 10.7. The summed E-state index contributed by atoms with van der Waals surface area (Å²) in [7, 11) is 0. The van der Waals surface area contributed by atoms with Gasteiger partial charge in [-0.1, -0.05) is 23.8 Å². The fourth-order valence-corrected chi connectivity index (χ4v) is 4.51. The zero-order valence-electron chi connectivity index (χ0n) is 17.2. The maximum absolute atomic E-state index is 12.3. The maximum Gasteiger partial charge on any atom is 0.414 e. The molecule has 2 fully saturated rings. The van der Waals surface area contributed by atoms with Crippen molar-refractivity contribution in [3.63, 3.8) is 0 Å². The molecule has 9 heteroatoms. The van der Waals surface area contributed by atoms with E-state index in [1.165, 1.54) is 19.4 Å². The third-order valence-corrected chi connectivity index (χ3v) is 6.24. The summed E-state index contributed by atoms with van der Waals surface area (Å²) in [6.45, 7) is 4.85. The molecule has 0 aromatic heterocycles. The van der Waals surface area contributed by atoms with Crippen LogP contribution in [0.5, 0.6) is 5.75 Å². The number of ether oxygens (including phenoxy) is 1. The molecule has 1 aliphatic heterocycles. The van der Waals surface area contributed by atoms with Gasteiger partial charge in [-0.2, -0.15) is 0 Å². The molecule has 3 atom stereocenters. The number of piperazine rings is 1. The molecule has 3 aliphatic rings. The number of rotatable bonds is 5. The summed E-state index contributed by atoms with van der Waals surface area (Å²) in [5.41, 5.74) is 0. The van der Waals surface area contributed by atoms with Crippen molar-refractivity contribution in [1.29, 1.82) is 0 Å². The number of hydrogen-bond acceptors (Lipinski definition) is 5. The van der Waals surface area contributed by atoms with Crippen LogP contribution in [0.4, 0.5) is 0 Å². The summed E-state index contributed by atoms with van der Waals surface area (Å²) in [6, 6.07) is 7.12. The molecular formula is C22H27ClN2O6. The van der Waals surface area contributed by atoms with E-state index in [1.807, 2.05) is 4.90 Å². The van der Waals surface area contributed by atoms with E-state index >= 15 is 0 Å². The Kier molecular flexibility index (Phi) is 7.92. The van der Waals surface area contributed by atoms with Gasteiger partial charge in [-0.05, 0) is 54.9 Å². The second-order valence-corrected chi connectivity index (χ2v) is 8.51. The molecule has 31 heavy (non-hydrogen) atoms. The van der Waals surface area contributed by atoms with Gasteiger partial charge in [-0.3, -0.25) is 9.69 Å². The Labute approximate surface area is 186 Å². The minimum absolute atomic E-state index is 0.0671. The monoisotopic (exact) mass is 450 g/mol. The van der Waals surface area contributed by atoms with Crippen molar-refractivity contribution in [3.8, 4) is 5.75 Å². The predicted octanol–water partition coefficient (Wildman–Crippen LogP) is 2.23. The molecule has 3 unspecified atom stereocenters. The number of carboxylic acid groups (broad SMARTS) is 2. The molecule has 1 heterocycles. The van der Waals surface area contributed by atoms with Crippen LogP contribution in [-0.4, -0.2) is 77.2 Å². The maximum atomic E-state index is 12.3. The van der Waals surface area contributed by atoms with Crippen molar-refractivity contribution in [2.24, 2.45) is 17.8 Å². The fourth-order valence-electron chi connectivity index (χ4n) is 4.38. The smallest absolute Gasteiger partial charge is 0.414 e. The Morgan fingerprint density at radius 3 is 2.13 bits per heavy atom. The Morgan fingerprint density at radius 2 is 1.61 bits per heavy atom. The molecule has 1 aromatic rings. The number of fused-ring (bicyclic) bond motifs is 2. The highest BCUT2D eigenvalue weighted by Crippen LogP contribution is 2.43. The van der Waals surface area contributed by atoms with Crippen molar-refractivity contribution >= 4 is 29.4 Å². The van der Waals surface area contributed by atoms with Crippen LogP contribution in [0.1, 0.15) is 12.8 Å². The Morgan fingerprint density at radius 1 is 0.968 bits per heavy atom. The number of halogens is 1. The highest BCUT2D eigenvalue weighted by atomic mass is 35.5. The van der Waals surface area contributed by atoms with Crippen LogP contribution in [0, 0.1) is 17.8 Å². The van der Waals surface area contributed by atoms with Crippen molar-refractivity contribution in [3.05, 3.63) is 41.4 Å². The van der Waals surface area contributed by atoms with E-state index in [1.54, 1.807) is 24.3 Å². The lowest BCUT2D eigenvalue weighted by atomic mass is 9.93. The molecule has 0 radical (unpaired) electrons. The van der Waals surface area contributed by atoms with E-state index in [0.717, 1.165) is 43.9 Å². The zero-order valence-corrected chi connectivity index (χ0v) is 17.9. The van der Waals surface area contributed by atoms with Crippen LogP contribution >= 0.6 is 11.6 Å². The molecule has 4 rings (SSSR count). The quantitative estimate of drug-likeness (QED) is 0.523. The molecule has 0 spiro atoms. The molecule has 8 nitrogen and oxygen atoms in total. The van der Waals surface area contributed by atoms with Gasteiger partial charge in [-0.25, -0.2) is 9.59 Å². The van der Waals surface area contributed by atoms with Crippen LogP contribution in [0.2, 0.25) is 5.02 Å². The van der Waals surface area contributed by atoms with Crippen molar-refractivity contribution in [2.75, 3.05) is 39.3 Å². The molecule has 168 valence electrons. The average molecular weight is 451 g/mol. The molecule has 2 bridgehead atoms. The molecule has 2 aliphatic carbocycles. The summed E-state index contributed by atoms with van der Waals surface area (Å²) in [6.07, 6.45) is 7.55. The number of nitrogens with zero attached hydrogens (tertiary/aromatic N) is 2. The number of carbonyl (C=O) groups is 3. The molecule has 2 N–H and O–H groups in total. The second kappa shape index (κ2) is 10.6. The molecular weight excluding hydrogens is 424 g/mol. The number of allylic oxidation sites excluding steroid dienone is 2. The van der Waals surface area contributed by atoms with Gasteiger partial charge in [0.25, 0.3) is 5.91 Å². The minimum atomic E-state index is -1.82. The predicted molar refractivity (Wildman–Crippen MR) is 114 cm³/mol. The number of carbonyl (C=O) groups excluding carboxylic acids is 1. The highest BCUT2D eigenvalue weighted by Gasteiger charge is 2.36. The Bertz CT molecular complexity index is 808. The standard InChI is InChI=1S/C20H25ClN2O2.C2H2O4/c21-18-3-5-19(6-4-18)25-14-20(24)23-9-7-22(8-10-23)13-17-12-15-1-2-16(17)11-15;3-1(4)2(5)6/h1-6,15-17H,7-14H2;(H,3,4)(H,5,6). The minimum Gasteiger partial charge on any atom is -0.484 e. The van der Waals surface area contributed by atoms with Gasteiger partial charge < -0.3 is 19.8 Å². The topological polar surface area (TPSA) is 107 Å². The van der Waals surface area contributed by atoms with Crippen molar-refractivity contribution < 1.29 is 29.3 Å². The van der Waals surface area contributed by atoms with Gasteiger partial charge in [-0.15, -0.1) is 0 Å². The summed E-state index contributed by atoms with van der Waals surface area (Å²) < 4.78 is 5.57. The van der Waals surface area contributed by atoms with Gasteiger partial charge in [0.15, 0.2) is 6.61 Å². The van der Waals surface area contributed by atoms with E-state index < -0.39 is 11.9 Å². The van der Waals surface area contributed by atoms with E-state index in [0.29, 0.717) is 10.8 Å². The second-order valence-electron chi connectivity index (χ2n) is 8.07. The molecule has 1 saturated heterocycles. The van der Waals surface area contributed by atoms with Crippen molar-refractivity contribution in [2.45, 2.75) is 12.8 Å². The lowest BCUT2D eigenvalue weighted by Gasteiger charge is -2.36. The molecule has 1 aromatic carbocycles. The van der Waals surface area contributed by atoms with Gasteiger partial charge in [0.2, 0.25) is 0 Å².